The van der Waals surface area contributed by atoms with Gasteiger partial charge in [-0.1, -0.05) is 47.5 Å². The zero-order valence-electron chi connectivity index (χ0n) is 12.0. The van der Waals surface area contributed by atoms with Gasteiger partial charge in [-0.05, 0) is 36.0 Å². The second-order valence-electron chi connectivity index (χ2n) is 4.90. The number of hydrogen-bond acceptors (Lipinski definition) is 3. The zero-order chi connectivity index (χ0) is 16.2. The highest BCUT2D eigenvalue weighted by molar-refractivity contribution is 7.99. The first-order valence-corrected chi connectivity index (χ1v) is 9.20. The maximum absolute atomic E-state index is 5.99. The number of benzene rings is 2. The van der Waals surface area contributed by atoms with Crippen molar-refractivity contribution in [2.24, 2.45) is 5.10 Å². The van der Waals surface area contributed by atoms with Gasteiger partial charge in [0, 0.05) is 22.8 Å². The fourth-order valence-corrected chi connectivity index (χ4v) is 3.66. The van der Waals surface area contributed by atoms with Crippen molar-refractivity contribution in [2.45, 2.75) is 5.75 Å². The zero-order valence-corrected chi connectivity index (χ0v) is 15.1. The first-order valence-electron chi connectivity index (χ1n) is 6.88. The minimum atomic E-state index is 0.406. The Labute approximate surface area is 154 Å². The van der Waals surface area contributed by atoms with Gasteiger partial charge in [-0.25, -0.2) is 0 Å². The second-order valence-corrected chi connectivity index (χ2v) is 7.11. The van der Waals surface area contributed by atoms with Crippen LogP contribution in [0, 0.1) is 0 Å². The summed E-state index contributed by atoms with van der Waals surface area (Å²) in [6.07, 6.45) is 0. The third-order valence-corrected chi connectivity index (χ3v) is 5.22. The van der Waals surface area contributed by atoms with E-state index >= 15 is 0 Å². The maximum atomic E-state index is 5.99. The number of halogens is 2. The fourth-order valence-electron chi connectivity index (χ4n) is 2.21. The van der Waals surface area contributed by atoms with Crippen LogP contribution in [0.15, 0.2) is 47.6 Å². The van der Waals surface area contributed by atoms with Gasteiger partial charge in [-0.15, -0.1) is 0 Å². The molecule has 1 aliphatic rings. The highest BCUT2D eigenvalue weighted by Crippen LogP contribution is 2.25. The predicted octanol–water partition coefficient (Wildman–Crippen LogP) is 4.93. The van der Waals surface area contributed by atoms with Crippen molar-refractivity contribution < 1.29 is 0 Å². The number of anilines is 1. The summed E-state index contributed by atoms with van der Waals surface area (Å²) >= 11 is 19.0. The molecule has 0 aromatic heterocycles. The summed E-state index contributed by atoms with van der Waals surface area (Å²) in [5.41, 5.74) is 7.13. The normalized spacial score (nSPS) is 15.1. The van der Waals surface area contributed by atoms with Crippen molar-refractivity contribution in [1.82, 2.24) is 5.43 Å². The number of rotatable bonds is 2. The van der Waals surface area contributed by atoms with Gasteiger partial charge in [0.1, 0.15) is 0 Å². The summed E-state index contributed by atoms with van der Waals surface area (Å²) < 4.78 is 0. The molecule has 0 atom stereocenters. The summed E-state index contributed by atoms with van der Waals surface area (Å²) in [5, 5.41) is 8.87. The molecular weight excluding hydrogens is 369 g/mol. The lowest BCUT2D eigenvalue weighted by Gasteiger charge is -2.17. The second kappa shape index (κ2) is 7.53. The smallest absolute Gasteiger partial charge is 0.191 e. The number of hydrazone groups is 1. The van der Waals surface area contributed by atoms with Crippen molar-refractivity contribution in [3.8, 4) is 0 Å². The maximum Gasteiger partial charge on any atom is 0.191 e. The average molecular weight is 382 g/mol. The third-order valence-electron chi connectivity index (χ3n) is 3.29. The molecule has 2 aromatic rings. The monoisotopic (exact) mass is 381 g/mol. The van der Waals surface area contributed by atoms with Gasteiger partial charge in [-0.2, -0.15) is 16.9 Å². The van der Waals surface area contributed by atoms with Crippen LogP contribution in [0.2, 0.25) is 10.0 Å². The molecule has 0 saturated heterocycles. The van der Waals surface area contributed by atoms with Crippen LogP contribution in [0.5, 0.6) is 0 Å². The van der Waals surface area contributed by atoms with Gasteiger partial charge < -0.3 is 5.32 Å². The number of hydrogen-bond donors (Lipinski definition) is 2. The third kappa shape index (κ3) is 4.18. The molecule has 118 valence electrons. The highest BCUT2D eigenvalue weighted by atomic mass is 35.5. The van der Waals surface area contributed by atoms with Gasteiger partial charge in [0.25, 0.3) is 0 Å². The largest absolute Gasteiger partial charge is 0.331 e. The van der Waals surface area contributed by atoms with Crippen LogP contribution < -0.4 is 10.7 Å². The minimum Gasteiger partial charge on any atom is -0.331 e. The first kappa shape index (κ1) is 16.6. The molecule has 0 bridgehead atoms. The molecule has 0 saturated carbocycles. The summed E-state index contributed by atoms with van der Waals surface area (Å²) in [6, 6.07) is 13.5. The number of thiocarbonyl (C=S) groups is 1. The van der Waals surface area contributed by atoms with Crippen LogP contribution in [-0.2, 0) is 5.75 Å². The molecule has 7 heteroatoms. The summed E-state index contributed by atoms with van der Waals surface area (Å²) in [5.74, 6) is 1.88. The molecule has 23 heavy (non-hydrogen) atoms. The Hall–Kier alpha value is -1.27. The van der Waals surface area contributed by atoms with Crippen molar-refractivity contribution in [3.05, 3.63) is 63.6 Å². The molecule has 0 radical (unpaired) electrons. The van der Waals surface area contributed by atoms with Gasteiger partial charge in [0.2, 0.25) is 0 Å². The lowest BCUT2D eigenvalue weighted by atomic mass is 10.1. The SMILES string of the molecule is S=C(N/N=C1/CSCc2ccccc21)Nc1ccc(Cl)c(Cl)c1. The number of nitrogens with one attached hydrogen (secondary N) is 2. The van der Waals surface area contributed by atoms with Crippen LogP contribution in [0.25, 0.3) is 0 Å². The van der Waals surface area contributed by atoms with Crippen molar-refractivity contribution in [3.63, 3.8) is 0 Å². The Balaban J connectivity index is 1.68. The number of thioether (sulfide) groups is 1. The number of nitrogens with zero attached hydrogens (tertiary/aromatic N) is 1. The van der Waals surface area contributed by atoms with E-state index in [1.54, 1.807) is 18.2 Å². The van der Waals surface area contributed by atoms with Crippen LogP contribution in [-0.4, -0.2) is 16.6 Å². The Morgan fingerprint density at radius 1 is 1.09 bits per heavy atom. The molecule has 0 amide bonds. The van der Waals surface area contributed by atoms with Crippen LogP contribution in [0.4, 0.5) is 5.69 Å². The van der Waals surface area contributed by atoms with E-state index in [1.165, 1.54) is 11.1 Å². The van der Waals surface area contributed by atoms with Crippen LogP contribution >= 0.6 is 47.2 Å². The highest BCUT2D eigenvalue weighted by Gasteiger charge is 2.15. The Morgan fingerprint density at radius 2 is 1.91 bits per heavy atom. The molecule has 2 aromatic carbocycles. The van der Waals surface area contributed by atoms with E-state index in [-0.39, 0.29) is 0 Å². The van der Waals surface area contributed by atoms with E-state index < -0.39 is 0 Å². The van der Waals surface area contributed by atoms with E-state index in [1.807, 2.05) is 23.9 Å². The summed E-state index contributed by atoms with van der Waals surface area (Å²) in [4.78, 5) is 0. The van der Waals surface area contributed by atoms with Gasteiger partial charge >= 0.3 is 0 Å². The molecule has 3 nitrogen and oxygen atoms in total. The van der Waals surface area contributed by atoms with E-state index in [0.717, 1.165) is 22.9 Å². The molecule has 0 unspecified atom stereocenters. The van der Waals surface area contributed by atoms with Crippen molar-refractivity contribution in [2.75, 3.05) is 11.1 Å². The van der Waals surface area contributed by atoms with Gasteiger partial charge in [0.05, 0.1) is 15.8 Å². The lowest BCUT2D eigenvalue weighted by molar-refractivity contribution is 1.04. The lowest BCUT2D eigenvalue weighted by Crippen LogP contribution is -2.26. The Bertz CT molecular complexity index is 778. The molecule has 1 aliphatic heterocycles. The summed E-state index contributed by atoms with van der Waals surface area (Å²) in [6.45, 7) is 0. The Kier molecular flexibility index (Phi) is 5.43. The molecule has 0 fully saturated rings. The minimum absolute atomic E-state index is 0.406. The van der Waals surface area contributed by atoms with Crippen LogP contribution in [0.1, 0.15) is 11.1 Å². The first-order chi connectivity index (χ1) is 11.1. The van der Waals surface area contributed by atoms with E-state index in [2.05, 4.69) is 28.0 Å². The molecule has 2 N–H and O–H groups in total. The van der Waals surface area contributed by atoms with Crippen molar-refractivity contribution in [1.29, 1.82) is 0 Å². The standard InChI is InChI=1S/C16H13Cl2N3S2/c17-13-6-5-11(7-14(13)18)19-16(22)21-20-15-9-23-8-10-3-1-2-4-12(10)15/h1-7H,8-9H2,(H2,19,21,22)/b20-15-. The van der Waals surface area contributed by atoms with E-state index in [0.29, 0.717) is 15.2 Å². The molecular formula is C16H13Cl2N3S2. The molecule has 3 rings (SSSR count). The van der Waals surface area contributed by atoms with E-state index in [9.17, 15) is 0 Å². The van der Waals surface area contributed by atoms with Crippen molar-refractivity contribution >= 4 is 63.7 Å². The van der Waals surface area contributed by atoms with Gasteiger partial charge in [0.15, 0.2) is 5.11 Å². The quantitative estimate of drug-likeness (QED) is 0.570. The molecule has 0 aliphatic carbocycles. The summed E-state index contributed by atoms with van der Waals surface area (Å²) in [7, 11) is 0. The topological polar surface area (TPSA) is 36.4 Å². The predicted molar refractivity (Wildman–Crippen MR) is 105 cm³/mol. The average Bonchev–Trinajstić information content (AvgIpc) is 2.56. The molecule has 0 spiro atoms. The van der Waals surface area contributed by atoms with Crippen LogP contribution in [0.3, 0.4) is 0 Å². The number of fused-ring (bicyclic) bond motifs is 1. The van der Waals surface area contributed by atoms with Gasteiger partial charge in [-0.3, -0.25) is 5.43 Å². The van der Waals surface area contributed by atoms with E-state index in [4.69, 9.17) is 35.4 Å². The Morgan fingerprint density at radius 3 is 2.74 bits per heavy atom. The fraction of sp³-hybridized carbons (Fsp3) is 0.125. The molecule has 1 heterocycles.